The van der Waals surface area contributed by atoms with E-state index >= 15 is 0 Å². The first-order valence-electron chi connectivity index (χ1n) is 10.7. The van der Waals surface area contributed by atoms with E-state index in [1.807, 2.05) is 54.7 Å². The predicted octanol–water partition coefficient (Wildman–Crippen LogP) is 6.41. The van der Waals surface area contributed by atoms with Gasteiger partial charge in [-0.15, -0.1) is 0 Å². The van der Waals surface area contributed by atoms with Gasteiger partial charge in [0, 0.05) is 41.3 Å². The maximum atomic E-state index is 12.4. The molecule has 0 aliphatic rings. The fourth-order valence-electron chi connectivity index (χ4n) is 3.70. The Kier molecular flexibility index (Phi) is 7.27. The smallest absolute Gasteiger partial charge is 0.288 e. The summed E-state index contributed by atoms with van der Waals surface area (Å²) in [4.78, 5) is 24.7. The van der Waals surface area contributed by atoms with Crippen molar-refractivity contribution in [3.8, 4) is 0 Å². The molecule has 3 aromatic carbocycles. The van der Waals surface area contributed by atoms with Crippen LogP contribution in [0.25, 0.3) is 10.9 Å². The van der Waals surface area contributed by atoms with Crippen molar-refractivity contribution in [2.45, 2.75) is 30.5 Å². The Labute approximate surface area is 200 Å². The van der Waals surface area contributed by atoms with E-state index < -0.39 is 5.76 Å². The number of hydrogen-bond donors (Lipinski definition) is 2. The van der Waals surface area contributed by atoms with Crippen LogP contribution >= 0.6 is 11.8 Å². The van der Waals surface area contributed by atoms with E-state index in [9.17, 15) is 18.4 Å². The van der Waals surface area contributed by atoms with Crippen LogP contribution in [-0.4, -0.2) is 22.1 Å². The molecular formula is C26H23F2N3O2S. The van der Waals surface area contributed by atoms with E-state index in [4.69, 9.17) is 0 Å². The van der Waals surface area contributed by atoms with Crippen molar-refractivity contribution in [3.05, 3.63) is 90.1 Å². The number of alkyl halides is 2. The van der Waals surface area contributed by atoms with Gasteiger partial charge in [0.15, 0.2) is 0 Å². The second-order valence-corrected chi connectivity index (χ2v) is 8.80. The van der Waals surface area contributed by atoms with E-state index in [1.54, 1.807) is 35.8 Å². The number of anilines is 2. The van der Waals surface area contributed by atoms with E-state index in [-0.39, 0.29) is 18.2 Å². The number of rotatable bonds is 8. The quantitative estimate of drug-likeness (QED) is 0.287. The van der Waals surface area contributed by atoms with Crippen LogP contribution in [0.5, 0.6) is 0 Å². The van der Waals surface area contributed by atoms with Crippen LogP contribution < -0.4 is 10.6 Å². The molecule has 0 spiro atoms. The molecule has 174 valence electrons. The zero-order chi connectivity index (χ0) is 24.1. The number of para-hydroxylation sites is 1. The lowest BCUT2D eigenvalue weighted by molar-refractivity contribution is -0.115. The molecule has 0 unspecified atom stereocenters. The van der Waals surface area contributed by atoms with Gasteiger partial charge in [-0.2, -0.15) is 8.78 Å². The number of carbonyl (C=O) groups excluding carboxylic acids is 2. The normalized spacial score (nSPS) is 11.1. The van der Waals surface area contributed by atoms with Crippen molar-refractivity contribution in [1.82, 2.24) is 4.57 Å². The summed E-state index contributed by atoms with van der Waals surface area (Å²) in [6.07, 6.45) is 2.05. The highest BCUT2D eigenvalue weighted by Crippen LogP contribution is 2.26. The van der Waals surface area contributed by atoms with E-state index in [2.05, 4.69) is 10.6 Å². The Morgan fingerprint density at radius 3 is 2.29 bits per heavy atom. The van der Waals surface area contributed by atoms with Gasteiger partial charge in [0.1, 0.15) is 0 Å². The molecule has 0 bridgehead atoms. The largest absolute Gasteiger partial charge is 0.381 e. The highest BCUT2D eigenvalue weighted by atomic mass is 32.2. The number of thioether (sulfide) groups is 1. The van der Waals surface area contributed by atoms with Crippen LogP contribution in [0.2, 0.25) is 0 Å². The highest BCUT2D eigenvalue weighted by Gasteiger charge is 2.11. The zero-order valence-corrected chi connectivity index (χ0v) is 19.2. The molecule has 1 heterocycles. The minimum Gasteiger partial charge on any atom is -0.381 e. The van der Waals surface area contributed by atoms with Crippen molar-refractivity contribution < 1.29 is 18.4 Å². The number of nitrogens with one attached hydrogen (secondary N) is 2. The molecule has 0 aliphatic heterocycles. The van der Waals surface area contributed by atoms with Gasteiger partial charge < -0.3 is 10.6 Å². The molecule has 5 nitrogen and oxygen atoms in total. The molecular weight excluding hydrogens is 456 g/mol. The third-order valence-corrected chi connectivity index (χ3v) is 6.02. The Morgan fingerprint density at radius 2 is 1.62 bits per heavy atom. The van der Waals surface area contributed by atoms with Crippen LogP contribution in [0.1, 0.15) is 22.8 Å². The molecule has 4 rings (SSSR count). The van der Waals surface area contributed by atoms with Crippen molar-refractivity contribution in [3.63, 3.8) is 0 Å². The first kappa shape index (κ1) is 23.5. The Morgan fingerprint density at radius 1 is 0.941 bits per heavy atom. The van der Waals surface area contributed by atoms with Gasteiger partial charge in [-0.3, -0.25) is 14.2 Å². The molecule has 0 aliphatic carbocycles. The lowest BCUT2D eigenvalue weighted by Gasteiger charge is -2.09. The lowest BCUT2D eigenvalue weighted by atomic mass is 10.1. The molecule has 1 amide bonds. The molecule has 1 aromatic heterocycles. The zero-order valence-electron chi connectivity index (χ0n) is 18.4. The summed E-state index contributed by atoms with van der Waals surface area (Å²) in [5.41, 5.74) is 4.21. The van der Waals surface area contributed by atoms with Gasteiger partial charge in [0.2, 0.25) is 11.8 Å². The minimum atomic E-state index is -2.47. The van der Waals surface area contributed by atoms with Crippen molar-refractivity contribution in [1.29, 1.82) is 0 Å². The third-order valence-electron chi connectivity index (χ3n) is 5.30. The van der Waals surface area contributed by atoms with Crippen molar-refractivity contribution in [2.75, 3.05) is 10.6 Å². The Balaban J connectivity index is 1.33. The van der Waals surface area contributed by atoms with Crippen molar-refractivity contribution >= 4 is 45.9 Å². The summed E-state index contributed by atoms with van der Waals surface area (Å²) in [6, 6.07) is 21.7. The van der Waals surface area contributed by atoms with E-state index in [0.29, 0.717) is 28.9 Å². The first-order valence-corrected chi connectivity index (χ1v) is 11.5. The number of fused-ring (bicyclic) bond motifs is 1. The summed E-state index contributed by atoms with van der Waals surface area (Å²) >= 11 is 0.467. The maximum absolute atomic E-state index is 12.4. The Hall–Kier alpha value is -3.65. The second-order valence-electron chi connectivity index (χ2n) is 7.74. The number of benzene rings is 3. The summed E-state index contributed by atoms with van der Waals surface area (Å²) in [6.45, 7) is 2.10. The van der Waals surface area contributed by atoms with Crippen LogP contribution in [0.15, 0.2) is 83.9 Å². The SMILES string of the molecule is CC(=O)n1cc(CNc2ccc(CC(=O)Nc3ccc(SC(F)F)cc3)cc2)c2ccccc21. The average molecular weight is 480 g/mol. The van der Waals surface area contributed by atoms with Crippen molar-refractivity contribution in [2.24, 2.45) is 0 Å². The summed E-state index contributed by atoms with van der Waals surface area (Å²) < 4.78 is 26.5. The predicted molar refractivity (Wildman–Crippen MR) is 133 cm³/mol. The average Bonchev–Trinajstić information content (AvgIpc) is 3.19. The fourth-order valence-corrected chi connectivity index (χ4v) is 4.20. The number of amides is 1. The van der Waals surface area contributed by atoms with Gasteiger partial charge in [0.25, 0.3) is 5.76 Å². The molecule has 34 heavy (non-hydrogen) atoms. The molecule has 0 fully saturated rings. The van der Waals surface area contributed by atoms with E-state index in [0.717, 1.165) is 27.7 Å². The Bertz CT molecular complexity index is 1300. The fraction of sp³-hybridized carbons (Fsp3) is 0.154. The molecule has 0 saturated carbocycles. The maximum Gasteiger partial charge on any atom is 0.288 e. The monoisotopic (exact) mass is 479 g/mol. The number of nitrogens with zero attached hydrogens (tertiary/aromatic N) is 1. The summed E-state index contributed by atoms with van der Waals surface area (Å²) in [7, 11) is 0. The molecule has 8 heteroatoms. The molecule has 2 N–H and O–H groups in total. The number of carbonyl (C=O) groups is 2. The van der Waals surface area contributed by atoms with Crippen LogP contribution in [0.3, 0.4) is 0 Å². The van der Waals surface area contributed by atoms with Gasteiger partial charge in [-0.05, 0) is 53.6 Å². The topological polar surface area (TPSA) is 63.1 Å². The number of aromatic nitrogens is 1. The number of halogens is 2. The summed E-state index contributed by atoms with van der Waals surface area (Å²) in [5.74, 6) is -2.70. The third kappa shape index (κ3) is 5.82. The highest BCUT2D eigenvalue weighted by molar-refractivity contribution is 7.99. The van der Waals surface area contributed by atoms with Gasteiger partial charge in [0.05, 0.1) is 11.9 Å². The first-order chi connectivity index (χ1) is 16.4. The number of hydrogen-bond acceptors (Lipinski definition) is 4. The standard InChI is InChI=1S/C26H23F2N3O2S/c1-17(32)31-16-19(23-4-2-3-5-24(23)31)15-29-20-8-6-18(7-9-20)14-25(33)30-21-10-12-22(13-11-21)34-26(27)28/h2-13,16,26,29H,14-15H2,1H3,(H,30,33). The second kappa shape index (κ2) is 10.5. The van der Waals surface area contributed by atoms with Gasteiger partial charge in [-0.25, -0.2) is 0 Å². The van der Waals surface area contributed by atoms with Gasteiger partial charge in [-0.1, -0.05) is 42.1 Å². The van der Waals surface area contributed by atoms with E-state index in [1.165, 1.54) is 0 Å². The molecule has 0 radical (unpaired) electrons. The molecule has 0 atom stereocenters. The van der Waals surface area contributed by atoms with Crippen LogP contribution in [0.4, 0.5) is 20.2 Å². The lowest BCUT2D eigenvalue weighted by Crippen LogP contribution is -2.14. The minimum absolute atomic E-state index is 0.0342. The van der Waals surface area contributed by atoms with Crippen LogP contribution in [-0.2, 0) is 17.8 Å². The molecule has 0 saturated heterocycles. The molecule has 4 aromatic rings. The summed E-state index contributed by atoms with van der Waals surface area (Å²) in [5, 5.41) is 7.17. The van der Waals surface area contributed by atoms with Crippen LogP contribution in [0, 0.1) is 0 Å². The van der Waals surface area contributed by atoms with Gasteiger partial charge >= 0.3 is 0 Å².